The molecule has 0 radical (unpaired) electrons. The van der Waals surface area contributed by atoms with Gasteiger partial charge in [0.05, 0.1) is 5.92 Å². The highest BCUT2D eigenvalue weighted by Gasteiger charge is 2.22. The van der Waals surface area contributed by atoms with E-state index >= 15 is 0 Å². The molecule has 0 aliphatic heterocycles. The fourth-order valence-corrected chi connectivity index (χ4v) is 2.65. The van der Waals surface area contributed by atoms with Gasteiger partial charge in [0, 0.05) is 12.0 Å². The van der Waals surface area contributed by atoms with Gasteiger partial charge < -0.3 is 5.32 Å². The summed E-state index contributed by atoms with van der Waals surface area (Å²) in [6.07, 6.45) is 9.32. The Balaban J connectivity index is 2.72. The molecule has 1 aliphatic rings. The maximum absolute atomic E-state index is 11.8. The van der Waals surface area contributed by atoms with Crippen LogP contribution in [0.2, 0.25) is 0 Å². The van der Waals surface area contributed by atoms with E-state index in [2.05, 4.69) is 24.9 Å². The van der Waals surface area contributed by atoms with Gasteiger partial charge in [0.15, 0.2) is 0 Å². The topological polar surface area (TPSA) is 55.1 Å². The molecule has 0 fully saturated rings. The van der Waals surface area contributed by atoms with Crippen LogP contribution in [0.3, 0.4) is 0 Å². The average Bonchev–Trinajstić information content (AvgIpc) is 2.45. The molecule has 1 amide bonds. The van der Waals surface area contributed by atoms with Crippen LogP contribution < -0.4 is 10.5 Å². The van der Waals surface area contributed by atoms with Crippen LogP contribution in [-0.2, 0) is 4.79 Å². The molecule has 1 unspecified atom stereocenters. The molecule has 0 saturated carbocycles. The normalized spacial score (nSPS) is 18.6. The van der Waals surface area contributed by atoms with Gasteiger partial charge in [-0.3, -0.25) is 9.93 Å². The standard InChI is InChI=1S/C15H24N2OS/c1-4-5-6-7-11(2)12-8-13(15(18)17-3)10-14(9-12)19-16/h9-10,13H,2,4-8,16H2,1,3H3,(H,17,18). The average molecular weight is 280 g/mol. The number of hydrogen-bond acceptors (Lipinski definition) is 3. The molecule has 19 heavy (non-hydrogen) atoms. The highest BCUT2D eigenvalue weighted by Crippen LogP contribution is 2.32. The maximum atomic E-state index is 11.8. The summed E-state index contributed by atoms with van der Waals surface area (Å²) in [7, 11) is 1.67. The zero-order valence-electron chi connectivity index (χ0n) is 11.9. The van der Waals surface area contributed by atoms with Gasteiger partial charge in [0.25, 0.3) is 0 Å². The third-order valence-electron chi connectivity index (χ3n) is 3.38. The fourth-order valence-electron chi connectivity index (χ4n) is 2.20. The summed E-state index contributed by atoms with van der Waals surface area (Å²) in [6, 6.07) is 0. The molecule has 0 heterocycles. The predicted molar refractivity (Wildman–Crippen MR) is 83.4 cm³/mol. The Hall–Kier alpha value is -1.00. The molecular formula is C15H24N2OS. The molecular weight excluding hydrogens is 256 g/mol. The lowest BCUT2D eigenvalue weighted by Gasteiger charge is -2.21. The summed E-state index contributed by atoms with van der Waals surface area (Å²) in [6.45, 7) is 6.35. The van der Waals surface area contributed by atoms with Gasteiger partial charge in [-0.25, -0.2) is 0 Å². The smallest absolute Gasteiger partial charge is 0.227 e. The molecule has 0 saturated heterocycles. The summed E-state index contributed by atoms with van der Waals surface area (Å²) >= 11 is 1.19. The zero-order chi connectivity index (χ0) is 14.3. The van der Waals surface area contributed by atoms with Gasteiger partial charge >= 0.3 is 0 Å². The summed E-state index contributed by atoms with van der Waals surface area (Å²) in [5.74, 6) is -0.0857. The second kappa shape index (κ2) is 8.23. The number of unbranched alkanes of at least 4 members (excludes halogenated alkanes) is 2. The third-order valence-corrected chi connectivity index (χ3v) is 3.90. The molecule has 1 atom stereocenters. The lowest BCUT2D eigenvalue weighted by Crippen LogP contribution is -2.27. The summed E-state index contributed by atoms with van der Waals surface area (Å²) in [4.78, 5) is 12.7. The van der Waals surface area contributed by atoms with Crippen molar-refractivity contribution < 1.29 is 4.79 Å². The molecule has 0 spiro atoms. The van der Waals surface area contributed by atoms with E-state index in [0.29, 0.717) is 0 Å². The number of hydrogen-bond donors (Lipinski definition) is 2. The Morgan fingerprint density at radius 3 is 2.89 bits per heavy atom. The molecule has 3 N–H and O–H groups in total. The molecule has 106 valence electrons. The largest absolute Gasteiger partial charge is 0.359 e. The number of allylic oxidation sites excluding steroid dienone is 3. The molecule has 1 aliphatic carbocycles. The lowest BCUT2D eigenvalue weighted by molar-refractivity contribution is -0.123. The molecule has 0 aromatic rings. The van der Waals surface area contributed by atoms with Crippen molar-refractivity contribution in [2.45, 2.75) is 39.0 Å². The highest BCUT2D eigenvalue weighted by atomic mass is 32.2. The predicted octanol–water partition coefficient (Wildman–Crippen LogP) is 3.31. The number of nitrogens with two attached hydrogens (primary N) is 1. The van der Waals surface area contributed by atoms with Crippen LogP contribution in [0.25, 0.3) is 0 Å². The van der Waals surface area contributed by atoms with E-state index < -0.39 is 0 Å². The van der Waals surface area contributed by atoms with Gasteiger partial charge in [-0.2, -0.15) is 0 Å². The molecule has 4 heteroatoms. The maximum Gasteiger partial charge on any atom is 0.227 e. The number of rotatable bonds is 7. The van der Waals surface area contributed by atoms with E-state index in [9.17, 15) is 4.79 Å². The Labute approximate surface area is 120 Å². The third kappa shape index (κ3) is 4.88. The molecule has 0 aromatic carbocycles. The van der Waals surface area contributed by atoms with Crippen LogP contribution in [0.5, 0.6) is 0 Å². The first kappa shape index (κ1) is 16.1. The fraction of sp³-hybridized carbons (Fsp3) is 0.533. The minimum Gasteiger partial charge on any atom is -0.359 e. The second-order valence-electron chi connectivity index (χ2n) is 4.84. The molecule has 3 nitrogen and oxygen atoms in total. The SMILES string of the molecule is C=C(CCCCC)C1=CC(SN)=CC(C(=O)NC)C1. The summed E-state index contributed by atoms with van der Waals surface area (Å²) in [5, 5.41) is 8.33. The van der Waals surface area contributed by atoms with Gasteiger partial charge in [0.1, 0.15) is 0 Å². The Morgan fingerprint density at radius 2 is 2.32 bits per heavy atom. The monoisotopic (exact) mass is 280 g/mol. The van der Waals surface area contributed by atoms with Crippen LogP contribution in [0.15, 0.2) is 34.8 Å². The zero-order valence-corrected chi connectivity index (χ0v) is 12.7. The van der Waals surface area contributed by atoms with Gasteiger partial charge in [-0.15, -0.1) is 0 Å². The lowest BCUT2D eigenvalue weighted by atomic mass is 9.88. The molecule has 0 bridgehead atoms. The van der Waals surface area contributed by atoms with Crippen molar-refractivity contribution >= 4 is 17.9 Å². The number of nitrogens with one attached hydrogen (secondary N) is 1. The highest BCUT2D eigenvalue weighted by molar-refractivity contribution is 8.01. The minimum absolute atomic E-state index is 0.0403. The van der Waals surface area contributed by atoms with Crippen LogP contribution >= 0.6 is 11.9 Å². The number of amides is 1. The van der Waals surface area contributed by atoms with Crippen LogP contribution in [0, 0.1) is 5.92 Å². The van der Waals surface area contributed by atoms with E-state index in [0.717, 1.165) is 29.7 Å². The van der Waals surface area contributed by atoms with E-state index in [1.807, 2.05) is 6.08 Å². The van der Waals surface area contributed by atoms with Gasteiger partial charge in [-0.05, 0) is 42.9 Å². The van der Waals surface area contributed by atoms with Gasteiger partial charge in [-0.1, -0.05) is 38.0 Å². The Kier molecular flexibility index (Phi) is 6.95. The van der Waals surface area contributed by atoms with Crippen molar-refractivity contribution in [1.29, 1.82) is 0 Å². The van der Waals surface area contributed by atoms with Crippen molar-refractivity contribution in [1.82, 2.24) is 5.32 Å². The van der Waals surface area contributed by atoms with E-state index in [-0.39, 0.29) is 11.8 Å². The first-order valence-corrected chi connectivity index (χ1v) is 7.69. The molecule has 0 aromatic heterocycles. The van der Waals surface area contributed by atoms with Gasteiger partial charge in [0.2, 0.25) is 5.91 Å². The van der Waals surface area contributed by atoms with E-state index in [4.69, 9.17) is 5.14 Å². The van der Waals surface area contributed by atoms with E-state index in [1.54, 1.807) is 7.05 Å². The van der Waals surface area contributed by atoms with E-state index in [1.165, 1.54) is 30.4 Å². The summed E-state index contributed by atoms with van der Waals surface area (Å²) in [5.41, 5.74) is 2.31. The summed E-state index contributed by atoms with van der Waals surface area (Å²) < 4.78 is 0. The minimum atomic E-state index is -0.126. The Morgan fingerprint density at radius 1 is 1.58 bits per heavy atom. The van der Waals surface area contributed by atoms with Crippen molar-refractivity contribution in [3.63, 3.8) is 0 Å². The van der Waals surface area contributed by atoms with Crippen molar-refractivity contribution in [2.24, 2.45) is 11.1 Å². The Bertz CT molecular complexity index is 399. The second-order valence-corrected chi connectivity index (χ2v) is 5.55. The van der Waals surface area contributed by atoms with Crippen LogP contribution in [-0.4, -0.2) is 13.0 Å². The molecule has 1 rings (SSSR count). The number of carbonyl (C=O) groups is 1. The van der Waals surface area contributed by atoms with Crippen LogP contribution in [0.1, 0.15) is 39.0 Å². The number of carbonyl (C=O) groups excluding carboxylic acids is 1. The van der Waals surface area contributed by atoms with Crippen molar-refractivity contribution in [3.05, 3.63) is 34.8 Å². The van der Waals surface area contributed by atoms with Crippen LogP contribution in [0.4, 0.5) is 0 Å². The first-order chi connectivity index (χ1) is 9.12. The first-order valence-electron chi connectivity index (χ1n) is 6.81. The van der Waals surface area contributed by atoms with Crippen molar-refractivity contribution in [2.75, 3.05) is 7.05 Å². The van der Waals surface area contributed by atoms with Crippen molar-refractivity contribution in [3.8, 4) is 0 Å². The quantitative estimate of drug-likeness (QED) is 0.555.